The number of aromatic nitrogens is 4. The molecule has 0 radical (unpaired) electrons. The summed E-state index contributed by atoms with van der Waals surface area (Å²) in [7, 11) is 0. The Morgan fingerprint density at radius 3 is 1.60 bits per heavy atom. The molecular formula is C36H41F2N7. The van der Waals surface area contributed by atoms with E-state index in [1.807, 2.05) is 0 Å². The van der Waals surface area contributed by atoms with Crippen molar-refractivity contribution in [2.24, 2.45) is 0 Å². The predicted octanol–water partition coefficient (Wildman–Crippen LogP) is 7.95. The average molecular weight is 610 g/mol. The van der Waals surface area contributed by atoms with Gasteiger partial charge in [-0.25, -0.2) is 18.7 Å². The number of benzene rings is 3. The second-order valence-electron chi connectivity index (χ2n) is 14.2. The second kappa shape index (κ2) is 10.9. The number of imidazole rings is 2. The summed E-state index contributed by atoms with van der Waals surface area (Å²) in [5.41, 5.74) is 6.31. The summed E-state index contributed by atoms with van der Waals surface area (Å²) >= 11 is 0. The van der Waals surface area contributed by atoms with Crippen LogP contribution in [0.5, 0.6) is 0 Å². The van der Waals surface area contributed by atoms with Crippen LogP contribution in [0.3, 0.4) is 0 Å². The number of anilines is 1. The van der Waals surface area contributed by atoms with Crippen LogP contribution in [0.1, 0.15) is 112 Å². The molecule has 5 aromatic rings. The first-order chi connectivity index (χ1) is 21.7. The van der Waals surface area contributed by atoms with Gasteiger partial charge in [0.25, 0.3) is 0 Å². The van der Waals surface area contributed by atoms with E-state index in [9.17, 15) is 0 Å². The van der Waals surface area contributed by atoms with Crippen LogP contribution in [0, 0.1) is 11.6 Å². The topological polar surface area (TPSA) is 84.7 Å². The number of hydrogen-bond donors (Lipinski definition) is 4. The zero-order chi connectivity index (χ0) is 30.9. The zero-order valence-corrected chi connectivity index (χ0v) is 26.2. The lowest BCUT2D eigenvalue weighted by Gasteiger charge is -2.34. The summed E-state index contributed by atoms with van der Waals surface area (Å²) in [6, 6.07) is 16.2. The van der Waals surface area contributed by atoms with E-state index in [1.54, 1.807) is 12.1 Å². The molecule has 4 N–H and O–H groups in total. The Bertz CT molecular complexity index is 1750. The van der Waals surface area contributed by atoms with E-state index in [0.29, 0.717) is 11.0 Å². The minimum Gasteiger partial charge on any atom is -0.357 e. The minimum atomic E-state index is -0.313. The standard InChI is InChI=1S/C36H41F2N7/c1-36(2,3)22-8-10-23(11-9-22)45-30(20-16-24(37)32-28(18-20)41-34(43-32)26-6-4-14-39-26)12-13-31(45)21-17-25(38)33-29(19-21)42-35(44-33)27-7-5-15-40-27/h8-11,16-19,26-27,30-31,39-40H,4-7,12-15H2,1-3H3,(H,41,43)(H,42,44)/t26-,27-,30?,31?/m0/s1. The van der Waals surface area contributed by atoms with Gasteiger partial charge in [-0.3, -0.25) is 0 Å². The van der Waals surface area contributed by atoms with E-state index in [2.05, 4.69) is 92.6 Å². The number of H-pyrrole nitrogens is 2. The lowest BCUT2D eigenvalue weighted by atomic mass is 9.87. The summed E-state index contributed by atoms with van der Waals surface area (Å²) < 4.78 is 31.4. The lowest BCUT2D eigenvalue weighted by molar-refractivity contribution is 0.589. The third kappa shape index (κ3) is 5.10. The number of rotatable bonds is 5. The largest absolute Gasteiger partial charge is 0.357 e. The zero-order valence-electron chi connectivity index (χ0n) is 26.2. The highest BCUT2D eigenvalue weighted by molar-refractivity contribution is 5.78. The monoisotopic (exact) mass is 609 g/mol. The fraction of sp³-hybridized carbons (Fsp3) is 0.444. The van der Waals surface area contributed by atoms with Crippen molar-refractivity contribution in [1.82, 2.24) is 30.6 Å². The third-order valence-corrected chi connectivity index (χ3v) is 10.1. The first kappa shape index (κ1) is 28.6. The molecule has 3 aliphatic heterocycles. The van der Waals surface area contributed by atoms with Crippen LogP contribution in [0.15, 0.2) is 48.5 Å². The summed E-state index contributed by atoms with van der Waals surface area (Å²) in [6.45, 7) is 8.52. The van der Waals surface area contributed by atoms with Gasteiger partial charge in [0.15, 0.2) is 11.6 Å². The summed E-state index contributed by atoms with van der Waals surface area (Å²) in [4.78, 5) is 18.5. The van der Waals surface area contributed by atoms with Gasteiger partial charge in [0.2, 0.25) is 0 Å². The molecule has 2 unspecified atom stereocenters. The van der Waals surface area contributed by atoms with Crippen LogP contribution in [0.25, 0.3) is 22.1 Å². The van der Waals surface area contributed by atoms with Crippen molar-refractivity contribution in [3.63, 3.8) is 0 Å². The molecule has 0 spiro atoms. The number of fused-ring (bicyclic) bond motifs is 2. The second-order valence-corrected chi connectivity index (χ2v) is 14.2. The Morgan fingerprint density at radius 1 is 0.689 bits per heavy atom. The molecule has 3 fully saturated rings. The van der Waals surface area contributed by atoms with Gasteiger partial charge in [-0.05, 0) is 110 Å². The van der Waals surface area contributed by atoms with Crippen LogP contribution in [-0.2, 0) is 5.41 Å². The highest BCUT2D eigenvalue weighted by atomic mass is 19.1. The average Bonchev–Trinajstić information content (AvgIpc) is 3.85. The molecule has 2 aromatic heterocycles. The molecule has 0 aliphatic carbocycles. The maximum Gasteiger partial charge on any atom is 0.151 e. The van der Waals surface area contributed by atoms with Crippen molar-refractivity contribution in [3.05, 3.63) is 88.5 Å². The van der Waals surface area contributed by atoms with Crippen LogP contribution >= 0.6 is 0 Å². The number of hydrogen-bond acceptors (Lipinski definition) is 5. The molecule has 3 aromatic carbocycles. The predicted molar refractivity (Wildman–Crippen MR) is 174 cm³/mol. The lowest BCUT2D eigenvalue weighted by Crippen LogP contribution is -2.26. The fourth-order valence-corrected chi connectivity index (χ4v) is 7.74. The van der Waals surface area contributed by atoms with E-state index >= 15 is 8.78 Å². The van der Waals surface area contributed by atoms with Crippen LogP contribution in [0.2, 0.25) is 0 Å². The molecule has 45 heavy (non-hydrogen) atoms. The number of nitrogens with zero attached hydrogens (tertiary/aromatic N) is 3. The van der Waals surface area contributed by atoms with Gasteiger partial charge in [-0.2, -0.15) is 0 Å². The molecular weight excluding hydrogens is 568 g/mol. The van der Waals surface area contributed by atoms with Crippen molar-refractivity contribution >= 4 is 27.8 Å². The number of halogens is 2. The number of nitrogens with one attached hydrogen (secondary N) is 4. The molecule has 5 heterocycles. The number of aromatic amines is 2. The maximum atomic E-state index is 15.7. The van der Waals surface area contributed by atoms with Crippen molar-refractivity contribution in [1.29, 1.82) is 0 Å². The Hall–Kier alpha value is -3.82. The van der Waals surface area contributed by atoms with E-state index in [4.69, 9.17) is 0 Å². The van der Waals surface area contributed by atoms with Gasteiger partial charge in [0.05, 0.1) is 35.2 Å². The Balaban J connectivity index is 1.20. The molecule has 3 saturated heterocycles. The van der Waals surface area contributed by atoms with Crippen molar-refractivity contribution in [2.45, 2.75) is 88.9 Å². The van der Waals surface area contributed by atoms with Gasteiger partial charge in [0, 0.05) is 5.69 Å². The first-order valence-corrected chi connectivity index (χ1v) is 16.5. The third-order valence-electron chi connectivity index (χ3n) is 10.1. The highest BCUT2D eigenvalue weighted by Gasteiger charge is 2.37. The normalized spacial score (nSPS) is 24.1. The molecule has 7 nitrogen and oxygen atoms in total. The molecule has 0 bridgehead atoms. The smallest absolute Gasteiger partial charge is 0.151 e. The Morgan fingerprint density at radius 2 is 1.18 bits per heavy atom. The van der Waals surface area contributed by atoms with E-state index < -0.39 is 0 Å². The van der Waals surface area contributed by atoms with Gasteiger partial charge in [-0.15, -0.1) is 0 Å². The van der Waals surface area contributed by atoms with E-state index in [1.165, 1.54) is 5.56 Å². The minimum absolute atomic E-state index is 0.0175. The quantitative estimate of drug-likeness (QED) is 0.163. The molecule has 8 rings (SSSR count). The van der Waals surface area contributed by atoms with E-state index in [0.717, 1.165) is 91.1 Å². The summed E-state index contributed by atoms with van der Waals surface area (Å²) in [5, 5.41) is 6.92. The van der Waals surface area contributed by atoms with Gasteiger partial charge >= 0.3 is 0 Å². The molecule has 9 heteroatoms. The highest BCUT2D eigenvalue weighted by Crippen LogP contribution is 2.48. The van der Waals surface area contributed by atoms with Gasteiger partial charge < -0.3 is 25.5 Å². The molecule has 3 aliphatic rings. The fourth-order valence-electron chi connectivity index (χ4n) is 7.74. The van der Waals surface area contributed by atoms with Crippen molar-refractivity contribution in [3.8, 4) is 0 Å². The Labute approximate surface area is 262 Å². The maximum absolute atomic E-state index is 15.7. The summed E-state index contributed by atoms with van der Waals surface area (Å²) in [6.07, 6.45) is 5.78. The van der Waals surface area contributed by atoms with E-state index in [-0.39, 0.29) is 41.2 Å². The summed E-state index contributed by atoms with van der Waals surface area (Å²) in [5.74, 6) is 0.973. The van der Waals surface area contributed by atoms with Crippen LogP contribution in [0.4, 0.5) is 14.5 Å². The molecule has 0 saturated carbocycles. The van der Waals surface area contributed by atoms with Gasteiger partial charge in [0.1, 0.15) is 22.7 Å². The molecule has 4 atom stereocenters. The molecule has 234 valence electrons. The van der Waals surface area contributed by atoms with Crippen LogP contribution in [-0.4, -0.2) is 33.0 Å². The first-order valence-electron chi connectivity index (χ1n) is 16.5. The Kier molecular flexibility index (Phi) is 6.95. The van der Waals surface area contributed by atoms with Crippen LogP contribution < -0.4 is 15.5 Å². The van der Waals surface area contributed by atoms with Gasteiger partial charge in [-0.1, -0.05) is 32.9 Å². The SMILES string of the molecule is CC(C)(C)c1ccc(N2C(c3cc(F)c4nc([C@@H]5CCCN5)[nH]c4c3)CCC2c2cc(F)c3nc([C@@H]4CCCN4)[nH]c3c2)cc1. The molecule has 0 amide bonds. The van der Waals surface area contributed by atoms with Crippen molar-refractivity contribution < 1.29 is 8.78 Å². The van der Waals surface area contributed by atoms with Crippen molar-refractivity contribution in [2.75, 3.05) is 18.0 Å².